The molecule has 2 heterocycles. The second-order valence-electron chi connectivity index (χ2n) is 5.31. The molecule has 27 heavy (non-hydrogen) atoms. The standard InChI is InChI=1S/C18H13N3.C2H2O4/c19-13-14-4-6-15(7-5-14)18(16-8-11-20-12-9-16)17-3-1-2-10-21-17;3-1(4)2(5)6/h1-12,18H;(H,3,4)(H,5,6). The molecule has 1 atom stereocenters. The van der Waals surface area contributed by atoms with Gasteiger partial charge in [-0.15, -0.1) is 0 Å². The summed E-state index contributed by atoms with van der Waals surface area (Å²) in [6.07, 6.45) is 5.37. The third-order valence-electron chi connectivity index (χ3n) is 3.58. The number of carboxylic acid groups (broad SMARTS) is 2. The van der Waals surface area contributed by atoms with Gasteiger partial charge in [-0.2, -0.15) is 5.26 Å². The molecule has 7 heteroatoms. The first kappa shape index (κ1) is 19.3. The van der Waals surface area contributed by atoms with E-state index >= 15 is 0 Å². The van der Waals surface area contributed by atoms with Gasteiger partial charge in [-0.3, -0.25) is 9.97 Å². The minimum absolute atomic E-state index is 0.0435. The van der Waals surface area contributed by atoms with Crippen LogP contribution in [0.5, 0.6) is 0 Å². The molecule has 0 aliphatic carbocycles. The summed E-state index contributed by atoms with van der Waals surface area (Å²) < 4.78 is 0. The molecule has 3 aromatic rings. The lowest BCUT2D eigenvalue weighted by Crippen LogP contribution is -2.09. The predicted octanol–water partition coefficient (Wildman–Crippen LogP) is 2.68. The van der Waals surface area contributed by atoms with Crippen LogP contribution >= 0.6 is 0 Å². The maximum Gasteiger partial charge on any atom is 0.414 e. The van der Waals surface area contributed by atoms with Crippen LogP contribution in [0, 0.1) is 11.3 Å². The number of rotatable bonds is 3. The van der Waals surface area contributed by atoms with Crippen molar-refractivity contribution in [3.8, 4) is 6.07 Å². The fraction of sp³-hybridized carbons (Fsp3) is 0.0500. The lowest BCUT2D eigenvalue weighted by Gasteiger charge is -2.17. The van der Waals surface area contributed by atoms with Crippen LogP contribution < -0.4 is 0 Å². The van der Waals surface area contributed by atoms with Crippen LogP contribution in [-0.2, 0) is 9.59 Å². The number of nitriles is 1. The largest absolute Gasteiger partial charge is 0.473 e. The van der Waals surface area contributed by atoms with Crippen LogP contribution in [0.1, 0.15) is 28.3 Å². The highest BCUT2D eigenvalue weighted by Gasteiger charge is 2.17. The van der Waals surface area contributed by atoms with Gasteiger partial charge in [0.2, 0.25) is 0 Å². The van der Waals surface area contributed by atoms with E-state index in [-0.39, 0.29) is 5.92 Å². The lowest BCUT2D eigenvalue weighted by atomic mass is 9.88. The number of hydrogen-bond donors (Lipinski definition) is 2. The van der Waals surface area contributed by atoms with Gasteiger partial charge >= 0.3 is 11.9 Å². The van der Waals surface area contributed by atoms with Gasteiger partial charge in [0.1, 0.15) is 0 Å². The molecule has 0 bridgehead atoms. The molecule has 0 aliphatic heterocycles. The molecule has 1 unspecified atom stereocenters. The summed E-state index contributed by atoms with van der Waals surface area (Å²) in [6.45, 7) is 0. The van der Waals surface area contributed by atoms with E-state index in [0.29, 0.717) is 5.56 Å². The van der Waals surface area contributed by atoms with E-state index in [1.54, 1.807) is 18.6 Å². The number of benzene rings is 1. The topological polar surface area (TPSA) is 124 Å². The number of carboxylic acids is 2. The van der Waals surface area contributed by atoms with E-state index < -0.39 is 11.9 Å². The van der Waals surface area contributed by atoms with Crippen molar-refractivity contribution in [2.75, 3.05) is 0 Å². The van der Waals surface area contributed by atoms with Crippen molar-refractivity contribution in [1.29, 1.82) is 5.26 Å². The first-order valence-corrected chi connectivity index (χ1v) is 7.80. The third kappa shape index (κ3) is 5.47. The first-order valence-electron chi connectivity index (χ1n) is 7.80. The van der Waals surface area contributed by atoms with Gasteiger partial charge in [-0.25, -0.2) is 9.59 Å². The van der Waals surface area contributed by atoms with Crippen LogP contribution in [0.4, 0.5) is 0 Å². The maximum absolute atomic E-state index is 9.10. The summed E-state index contributed by atoms with van der Waals surface area (Å²) in [5.41, 5.74) is 3.88. The molecule has 0 saturated heterocycles. The quantitative estimate of drug-likeness (QED) is 0.687. The van der Waals surface area contributed by atoms with Crippen molar-refractivity contribution in [1.82, 2.24) is 9.97 Å². The molecule has 7 nitrogen and oxygen atoms in total. The molecule has 0 amide bonds. The van der Waals surface area contributed by atoms with Crippen molar-refractivity contribution in [2.24, 2.45) is 0 Å². The number of carbonyl (C=O) groups is 2. The molecule has 0 saturated carbocycles. The summed E-state index contributed by atoms with van der Waals surface area (Å²) in [4.78, 5) is 26.8. The summed E-state index contributed by atoms with van der Waals surface area (Å²) in [6, 6.07) is 19.7. The average Bonchev–Trinajstić information content (AvgIpc) is 2.71. The van der Waals surface area contributed by atoms with Gasteiger partial charge in [0.15, 0.2) is 0 Å². The molecule has 0 radical (unpaired) electrons. The Morgan fingerprint density at radius 3 is 1.93 bits per heavy atom. The Bertz CT molecular complexity index is 885. The molecule has 0 fully saturated rings. The van der Waals surface area contributed by atoms with Gasteiger partial charge < -0.3 is 10.2 Å². The second-order valence-corrected chi connectivity index (χ2v) is 5.31. The zero-order valence-corrected chi connectivity index (χ0v) is 14.1. The fourth-order valence-electron chi connectivity index (χ4n) is 2.39. The number of aromatic nitrogens is 2. The predicted molar refractivity (Wildman–Crippen MR) is 95.8 cm³/mol. The maximum atomic E-state index is 9.10. The zero-order valence-electron chi connectivity index (χ0n) is 14.1. The zero-order chi connectivity index (χ0) is 19.6. The van der Waals surface area contributed by atoms with Gasteiger partial charge in [-0.1, -0.05) is 18.2 Å². The Kier molecular flexibility index (Phi) is 6.74. The van der Waals surface area contributed by atoms with E-state index in [2.05, 4.69) is 16.0 Å². The fourth-order valence-corrected chi connectivity index (χ4v) is 2.39. The Labute approximate surface area is 155 Å². The lowest BCUT2D eigenvalue weighted by molar-refractivity contribution is -0.159. The molecular weight excluding hydrogens is 346 g/mol. The molecule has 0 spiro atoms. The second kappa shape index (κ2) is 9.44. The molecule has 2 aromatic heterocycles. The van der Waals surface area contributed by atoms with Crippen molar-refractivity contribution in [3.05, 3.63) is 95.6 Å². The van der Waals surface area contributed by atoms with E-state index in [1.165, 1.54) is 0 Å². The monoisotopic (exact) mass is 361 g/mol. The normalized spacial score (nSPS) is 10.6. The van der Waals surface area contributed by atoms with Gasteiger partial charge in [-0.05, 0) is 47.5 Å². The third-order valence-corrected chi connectivity index (χ3v) is 3.58. The van der Waals surface area contributed by atoms with Crippen molar-refractivity contribution in [3.63, 3.8) is 0 Å². The first-order chi connectivity index (χ1) is 13.0. The van der Waals surface area contributed by atoms with Gasteiger partial charge in [0.05, 0.1) is 23.2 Å². The number of hydrogen-bond acceptors (Lipinski definition) is 5. The van der Waals surface area contributed by atoms with Crippen molar-refractivity contribution >= 4 is 11.9 Å². The Hall–Kier alpha value is -4.05. The highest BCUT2D eigenvalue weighted by Crippen LogP contribution is 2.30. The molecule has 3 rings (SSSR count). The van der Waals surface area contributed by atoms with Gasteiger partial charge in [0.25, 0.3) is 0 Å². The van der Waals surface area contributed by atoms with Crippen LogP contribution in [0.2, 0.25) is 0 Å². The van der Waals surface area contributed by atoms with E-state index in [4.69, 9.17) is 25.1 Å². The molecular formula is C20H15N3O4. The molecule has 134 valence electrons. The van der Waals surface area contributed by atoms with Crippen molar-refractivity contribution < 1.29 is 19.8 Å². The van der Waals surface area contributed by atoms with Crippen LogP contribution in [0.15, 0.2) is 73.2 Å². The molecule has 1 aromatic carbocycles. The van der Waals surface area contributed by atoms with Crippen LogP contribution in [0.25, 0.3) is 0 Å². The average molecular weight is 361 g/mol. The highest BCUT2D eigenvalue weighted by molar-refractivity contribution is 6.27. The summed E-state index contributed by atoms with van der Waals surface area (Å²) >= 11 is 0. The van der Waals surface area contributed by atoms with Crippen LogP contribution in [-0.4, -0.2) is 32.1 Å². The Morgan fingerprint density at radius 1 is 0.852 bits per heavy atom. The number of aliphatic carboxylic acids is 2. The Balaban J connectivity index is 0.000000380. The minimum Gasteiger partial charge on any atom is -0.473 e. The SMILES string of the molecule is N#Cc1ccc(C(c2ccncc2)c2ccccn2)cc1.O=C(O)C(=O)O. The summed E-state index contributed by atoms with van der Waals surface area (Å²) in [5, 5.41) is 23.7. The van der Waals surface area contributed by atoms with Crippen molar-refractivity contribution in [2.45, 2.75) is 5.92 Å². The molecule has 0 aliphatic rings. The van der Waals surface area contributed by atoms with Gasteiger partial charge in [0, 0.05) is 18.6 Å². The smallest absolute Gasteiger partial charge is 0.414 e. The number of nitrogens with zero attached hydrogens (tertiary/aromatic N) is 3. The summed E-state index contributed by atoms with van der Waals surface area (Å²) in [7, 11) is 0. The summed E-state index contributed by atoms with van der Waals surface area (Å²) in [5.74, 6) is -3.60. The van der Waals surface area contributed by atoms with E-state index in [9.17, 15) is 0 Å². The Morgan fingerprint density at radius 2 is 1.44 bits per heavy atom. The molecule has 2 N–H and O–H groups in total. The van der Waals surface area contributed by atoms with E-state index in [1.807, 2.05) is 54.6 Å². The van der Waals surface area contributed by atoms with Crippen LogP contribution in [0.3, 0.4) is 0 Å². The minimum atomic E-state index is -1.82. The number of pyridine rings is 2. The highest BCUT2D eigenvalue weighted by atomic mass is 16.4. The van der Waals surface area contributed by atoms with E-state index in [0.717, 1.165) is 16.8 Å².